The molecule has 1 amide bonds. The Morgan fingerprint density at radius 3 is 2.62 bits per heavy atom. The van der Waals surface area contributed by atoms with Gasteiger partial charge in [0.25, 0.3) is 0 Å². The molecule has 1 aromatic heterocycles. The van der Waals surface area contributed by atoms with Gasteiger partial charge in [-0.3, -0.25) is 9.69 Å². The maximum atomic E-state index is 13.8. The Morgan fingerprint density at radius 2 is 1.85 bits per heavy atom. The molecule has 0 radical (unpaired) electrons. The van der Waals surface area contributed by atoms with Crippen molar-refractivity contribution in [2.24, 2.45) is 0 Å². The molecule has 0 fully saturated rings. The molecule has 132 valence electrons. The van der Waals surface area contributed by atoms with Crippen molar-refractivity contribution in [2.45, 2.75) is 22.8 Å². The second kappa shape index (κ2) is 6.06. The van der Waals surface area contributed by atoms with Crippen LogP contribution < -0.4 is 4.90 Å². The molecule has 0 N–H and O–H groups in total. The van der Waals surface area contributed by atoms with E-state index in [0.717, 1.165) is 12.1 Å². The standard InChI is InChI=1S/C18H14FN3O3S/c19-13-5-6-17-15(11-13)22(18(23)7-9-21-10-8-20-12-21)14-3-1-2-4-16(14)26(17,24)25/h1-6,8,10-12H,7,9H2. The van der Waals surface area contributed by atoms with E-state index in [1.54, 1.807) is 41.5 Å². The maximum Gasteiger partial charge on any atom is 0.233 e. The quantitative estimate of drug-likeness (QED) is 0.664. The Hall–Kier alpha value is -3.00. The number of amides is 1. The minimum atomic E-state index is -3.82. The number of carbonyl (C=O) groups is 1. The molecule has 1 aliphatic heterocycles. The molecule has 0 aliphatic carbocycles. The lowest BCUT2D eigenvalue weighted by molar-refractivity contribution is -0.118. The Bertz CT molecular complexity index is 1090. The van der Waals surface area contributed by atoms with Crippen molar-refractivity contribution in [3.63, 3.8) is 0 Å². The lowest BCUT2D eigenvalue weighted by Gasteiger charge is -2.31. The van der Waals surface area contributed by atoms with Crippen LogP contribution in [0.3, 0.4) is 0 Å². The molecule has 26 heavy (non-hydrogen) atoms. The van der Waals surface area contributed by atoms with Crippen LogP contribution in [0.2, 0.25) is 0 Å². The summed E-state index contributed by atoms with van der Waals surface area (Å²) in [5.41, 5.74) is 0.278. The van der Waals surface area contributed by atoms with E-state index >= 15 is 0 Å². The summed E-state index contributed by atoms with van der Waals surface area (Å²) in [5, 5.41) is 0. The van der Waals surface area contributed by atoms with Crippen molar-refractivity contribution in [1.29, 1.82) is 0 Å². The van der Waals surface area contributed by atoms with E-state index in [9.17, 15) is 17.6 Å². The minimum Gasteiger partial charge on any atom is -0.337 e. The van der Waals surface area contributed by atoms with Crippen LogP contribution in [-0.4, -0.2) is 23.9 Å². The predicted octanol–water partition coefficient (Wildman–Crippen LogP) is 2.92. The van der Waals surface area contributed by atoms with Gasteiger partial charge in [0.1, 0.15) is 5.82 Å². The van der Waals surface area contributed by atoms with Crippen molar-refractivity contribution in [3.8, 4) is 0 Å². The van der Waals surface area contributed by atoms with Crippen LogP contribution in [0.4, 0.5) is 15.8 Å². The summed E-state index contributed by atoms with van der Waals surface area (Å²) in [6.07, 6.45) is 5.05. The maximum absolute atomic E-state index is 13.8. The average Bonchev–Trinajstić information content (AvgIpc) is 3.13. The average molecular weight is 371 g/mol. The number of anilines is 2. The molecule has 2 aromatic carbocycles. The van der Waals surface area contributed by atoms with Gasteiger partial charge < -0.3 is 4.57 Å². The molecule has 3 aromatic rings. The van der Waals surface area contributed by atoms with Crippen LogP contribution in [0.1, 0.15) is 6.42 Å². The summed E-state index contributed by atoms with van der Waals surface area (Å²) in [5.74, 6) is -0.932. The van der Waals surface area contributed by atoms with Gasteiger partial charge in [0.15, 0.2) is 0 Å². The van der Waals surface area contributed by atoms with Crippen LogP contribution in [-0.2, 0) is 21.2 Å². The number of imidazole rings is 1. The first-order valence-electron chi connectivity index (χ1n) is 7.91. The first-order valence-corrected chi connectivity index (χ1v) is 9.39. The van der Waals surface area contributed by atoms with Gasteiger partial charge in [-0.2, -0.15) is 0 Å². The zero-order valence-electron chi connectivity index (χ0n) is 13.5. The number of aryl methyl sites for hydroxylation is 1. The van der Waals surface area contributed by atoms with E-state index in [0.29, 0.717) is 6.54 Å². The highest BCUT2D eigenvalue weighted by atomic mass is 32.2. The van der Waals surface area contributed by atoms with Crippen molar-refractivity contribution in [3.05, 3.63) is 67.0 Å². The fourth-order valence-electron chi connectivity index (χ4n) is 3.03. The van der Waals surface area contributed by atoms with Crippen molar-refractivity contribution < 1.29 is 17.6 Å². The second-order valence-corrected chi connectivity index (χ2v) is 7.75. The molecule has 0 spiro atoms. The topological polar surface area (TPSA) is 72.3 Å². The van der Waals surface area contributed by atoms with Gasteiger partial charge in [-0.05, 0) is 30.3 Å². The van der Waals surface area contributed by atoms with Gasteiger partial charge in [-0.1, -0.05) is 12.1 Å². The third kappa shape index (κ3) is 2.59. The fraction of sp³-hybridized carbons (Fsp3) is 0.111. The Balaban J connectivity index is 1.82. The van der Waals surface area contributed by atoms with Crippen molar-refractivity contribution in [2.75, 3.05) is 4.90 Å². The molecule has 1 aliphatic rings. The zero-order chi connectivity index (χ0) is 18.3. The normalized spacial score (nSPS) is 14.6. The molecule has 6 nitrogen and oxygen atoms in total. The molecule has 0 saturated heterocycles. The summed E-state index contributed by atoms with van der Waals surface area (Å²) in [6.45, 7) is 0.384. The summed E-state index contributed by atoms with van der Waals surface area (Å²) in [7, 11) is -3.82. The van der Waals surface area contributed by atoms with E-state index in [1.807, 2.05) is 0 Å². The second-order valence-electron chi connectivity index (χ2n) is 5.86. The molecule has 0 saturated carbocycles. The van der Waals surface area contributed by atoms with Crippen molar-refractivity contribution in [1.82, 2.24) is 9.55 Å². The number of benzene rings is 2. The van der Waals surface area contributed by atoms with Gasteiger partial charge in [-0.25, -0.2) is 17.8 Å². The third-order valence-corrected chi connectivity index (χ3v) is 6.09. The van der Waals surface area contributed by atoms with E-state index in [4.69, 9.17) is 0 Å². The lowest BCUT2D eigenvalue weighted by Crippen LogP contribution is -2.32. The Morgan fingerprint density at radius 1 is 1.08 bits per heavy atom. The Kier molecular flexibility index (Phi) is 3.84. The van der Waals surface area contributed by atoms with Crippen LogP contribution in [0.25, 0.3) is 0 Å². The largest absolute Gasteiger partial charge is 0.337 e. The lowest BCUT2D eigenvalue weighted by atomic mass is 10.2. The van der Waals surface area contributed by atoms with Gasteiger partial charge in [0, 0.05) is 25.4 Å². The summed E-state index contributed by atoms with van der Waals surface area (Å²) >= 11 is 0. The molecule has 0 unspecified atom stereocenters. The molecule has 0 bridgehead atoms. The molecule has 2 heterocycles. The molecule has 4 rings (SSSR count). The highest BCUT2D eigenvalue weighted by Crippen LogP contribution is 2.44. The number of carbonyl (C=O) groups excluding carboxylic acids is 1. The predicted molar refractivity (Wildman–Crippen MR) is 92.3 cm³/mol. The van der Waals surface area contributed by atoms with E-state index in [1.165, 1.54) is 17.0 Å². The number of hydrogen-bond donors (Lipinski definition) is 0. The van der Waals surface area contributed by atoms with E-state index < -0.39 is 15.7 Å². The number of aromatic nitrogens is 2. The van der Waals surface area contributed by atoms with Gasteiger partial charge in [0.05, 0.1) is 27.5 Å². The molecular weight excluding hydrogens is 357 g/mol. The zero-order valence-corrected chi connectivity index (χ0v) is 14.4. The van der Waals surface area contributed by atoms with Gasteiger partial charge >= 0.3 is 0 Å². The number of rotatable bonds is 3. The number of nitrogens with zero attached hydrogens (tertiary/aromatic N) is 3. The van der Waals surface area contributed by atoms with Crippen LogP contribution in [0, 0.1) is 5.82 Å². The number of fused-ring (bicyclic) bond motifs is 2. The van der Waals surface area contributed by atoms with Gasteiger partial charge in [0.2, 0.25) is 15.7 Å². The minimum absolute atomic E-state index is 0.0371. The smallest absolute Gasteiger partial charge is 0.233 e. The van der Waals surface area contributed by atoms with Crippen LogP contribution in [0.5, 0.6) is 0 Å². The van der Waals surface area contributed by atoms with Crippen LogP contribution >= 0.6 is 0 Å². The van der Waals surface area contributed by atoms with Gasteiger partial charge in [-0.15, -0.1) is 0 Å². The molecular formula is C18H14FN3O3S. The summed E-state index contributed by atoms with van der Waals surface area (Å²) < 4.78 is 41.3. The van der Waals surface area contributed by atoms with E-state index in [2.05, 4.69) is 4.98 Å². The fourth-order valence-corrected chi connectivity index (χ4v) is 4.64. The first-order chi connectivity index (χ1) is 12.5. The number of sulfone groups is 1. The first kappa shape index (κ1) is 16.5. The number of hydrogen-bond acceptors (Lipinski definition) is 4. The van der Waals surface area contributed by atoms with Crippen molar-refractivity contribution >= 4 is 27.1 Å². The summed E-state index contributed by atoms with van der Waals surface area (Å²) in [6, 6.07) is 9.61. The monoisotopic (exact) mass is 371 g/mol. The Labute approximate surface area is 149 Å². The number of para-hydroxylation sites is 1. The highest BCUT2D eigenvalue weighted by molar-refractivity contribution is 7.92. The molecule has 0 atom stereocenters. The number of halogens is 1. The highest BCUT2D eigenvalue weighted by Gasteiger charge is 2.36. The third-order valence-electron chi connectivity index (χ3n) is 4.24. The summed E-state index contributed by atoms with van der Waals surface area (Å²) in [4.78, 5) is 18.1. The molecule has 8 heteroatoms. The van der Waals surface area contributed by atoms with E-state index in [-0.39, 0.29) is 33.5 Å². The van der Waals surface area contributed by atoms with Crippen LogP contribution in [0.15, 0.2) is 71.0 Å². The SMILES string of the molecule is O=C(CCn1ccnc1)N1c2ccccc2S(=O)(=O)c2ccc(F)cc21.